The van der Waals surface area contributed by atoms with Gasteiger partial charge in [-0.15, -0.1) is 11.6 Å². The lowest BCUT2D eigenvalue weighted by molar-refractivity contribution is 0.540. The van der Waals surface area contributed by atoms with Crippen molar-refractivity contribution in [1.82, 2.24) is 9.55 Å². The van der Waals surface area contributed by atoms with Crippen LogP contribution in [-0.2, 0) is 6.54 Å². The van der Waals surface area contributed by atoms with Gasteiger partial charge in [-0.2, -0.15) is 0 Å². The van der Waals surface area contributed by atoms with E-state index in [4.69, 9.17) is 11.6 Å². The highest BCUT2D eigenvalue weighted by Crippen LogP contribution is 2.23. The Hall–Kier alpha value is -1.35. The van der Waals surface area contributed by atoms with E-state index in [0.717, 1.165) is 24.8 Å². The molecule has 0 saturated carbocycles. The molecule has 2 aromatic rings. The normalized spacial score (nSPS) is 12.7. The van der Waals surface area contributed by atoms with Gasteiger partial charge in [0, 0.05) is 6.54 Å². The first-order valence-electron chi connectivity index (χ1n) is 7.82. The van der Waals surface area contributed by atoms with Crippen molar-refractivity contribution < 1.29 is 0 Å². The van der Waals surface area contributed by atoms with Crippen molar-refractivity contribution in [1.29, 1.82) is 0 Å². The van der Waals surface area contributed by atoms with Crippen molar-refractivity contribution in [3.8, 4) is 0 Å². The van der Waals surface area contributed by atoms with E-state index in [1.807, 2.05) is 31.2 Å². The summed E-state index contributed by atoms with van der Waals surface area (Å²) in [5, 5.41) is 0.463. The summed E-state index contributed by atoms with van der Waals surface area (Å²) in [5.41, 5.74) is 0.771. The molecule has 3 nitrogen and oxygen atoms in total. The second-order valence-corrected chi connectivity index (χ2v) is 5.91. The number of rotatable bonds is 7. The van der Waals surface area contributed by atoms with Gasteiger partial charge in [0.1, 0.15) is 5.82 Å². The van der Waals surface area contributed by atoms with Crippen LogP contribution in [0.5, 0.6) is 0 Å². The lowest BCUT2D eigenvalue weighted by atomic mass is 10.2. The molecular weight excluding hydrogens is 284 g/mol. The largest absolute Gasteiger partial charge is 0.295 e. The predicted octanol–water partition coefficient (Wildman–Crippen LogP) is 4.67. The van der Waals surface area contributed by atoms with Crippen molar-refractivity contribution in [3.05, 3.63) is 40.4 Å². The van der Waals surface area contributed by atoms with Gasteiger partial charge in [-0.25, -0.2) is 4.98 Å². The lowest BCUT2D eigenvalue weighted by Crippen LogP contribution is -2.26. The van der Waals surface area contributed by atoms with E-state index < -0.39 is 0 Å². The third kappa shape index (κ3) is 3.65. The summed E-state index contributed by atoms with van der Waals surface area (Å²) in [7, 11) is 0. The van der Waals surface area contributed by atoms with Crippen LogP contribution in [0.3, 0.4) is 0 Å². The predicted molar refractivity (Wildman–Crippen MR) is 89.0 cm³/mol. The van der Waals surface area contributed by atoms with Crippen LogP contribution in [0.15, 0.2) is 29.1 Å². The maximum Gasteiger partial charge on any atom is 0.261 e. The van der Waals surface area contributed by atoms with Crippen LogP contribution >= 0.6 is 11.6 Å². The minimum absolute atomic E-state index is 0.0335. The second-order valence-electron chi connectivity index (χ2n) is 5.38. The Kier molecular flexibility index (Phi) is 5.80. The van der Waals surface area contributed by atoms with E-state index in [1.165, 1.54) is 12.8 Å². The van der Waals surface area contributed by atoms with Crippen molar-refractivity contribution in [2.45, 2.75) is 57.9 Å². The second kappa shape index (κ2) is 7.60. The molecule has 0 aliphatic carbocycles. The number of hydrogen-bond donors (Lipinski definition) is 0. The first kappa shape index (κ1) is 16.0. The molecule has 0 bridgehead atoms. The van der Waals surface area contributed by atoms with Crippen molar-refractivity contribution >= 4 is 22.5 Å². The monoisotopic (exact) mass is 306 g/mol. The highest BCUT2D eigenvalue weighted by atomic mass is 35.5. The Bertz CT molecular complexity index is 651. The third-order valence-corrected chi connectivity index (χ3v) is 4.27. The summed E-state index contributed by atoms with van der Waals surface area (Å²) in [4.78, 5) is 17.3. The summed E-state index contributed by atoms with van der Waals surface area (Å²) in [6.07, 6.45) is 5.28. The van der Waals surface area contributed by atoms with Gasteiger partial charge < -0.3 is 0 Å². The maximum atomic E-state index is 12.7. The fraction of sp³-hybridized carbons (Fsp3) is 0.529. The zero-order valence-corrected chi connectivity index (χ0v) is 13.6. The van der Waals surface area contributed by atoms with Crippen LogP contribution in [0, 0.1) is 0 Å². The van der Waals surface area contributed by atoms with Crippen molar-refractivity contribution in [2.24, 2.45) is 0 Å². The van der Waals surface area contributed by atoms with Crippen LogP contribution in [0.1, 0.15) is 57.2 Å². The molecule has 0 aliphatic heterocycles. The molecule has 0 aliphatic rings. The van der Waals surface area contributed by atoms with Gasteiger partial charge in [0.25, 0.3) is 5.56 Å². The molecule has 1 aromatic carbocycles. The van der Waals surface area contributed by atoms with Crippen LogP contribution in [0.4, 0.5) is 0 Å². The quantitative estimate of drug-likeness (QED) is 0.550. The van der Waals surface area contributed by atoms with E-state index in [2.05, 4.69) is 11.9 Å². The first-order chi connectivity index (χ1) is 10.2. The van der Waals surface area contributed by atoms with Gasteiger partial charge in [-0.1, -0.05) is 45.2 Å². The number of alkyl halides is 1. The van der Waals surface area contributed by atoms with Crippen LogP contribution in [0.25, 0.3) is 10.9 Å². The molecule has 4 heteroatoms. The molecule has 0 amide bonds. The molecule has 2 rings (SSSR count). The molecule has 114 valence electrons. The Morgan fingerprint density at radius 3 is 2.67 bits per heavy atom. The zero-order valence-electron chi connectivity index (χ0n) is 12.8. The van der Waals surface area contributed by atoms with Crippen molar-refractivity contribution in [3.63, 3.8) is 0 Å². The number of nitrogens with zero attached hydrogens (tertiary/aromatic N) is 2. The Morgan fingerprint density at radius 2 is 1.95 bits per heavy atom. The molecule has 1 aromatic heterocycles. The molecule has 1 heterocycles. The summed E-state index contributed by atoms with van der Waals surface area (Å²) >= 11 is 6.39. The number of para-hydroxylation sites is 1. The smallest absolute Gasteiger partial charge is 0.261 e. The Labute approximate surface area is 131 Å². The average molecular weight is 307 g/mol. The highest BCUT2D eigenvalue weighted by molar-refractivity contribution is 6.20. The SMILES string of the molecule is CCCCCCn1c(C(Cl)CC)nc2ccccc2c1=O. The van der Waals surface area contributed by atoms with E-state index in [0.29, 0.717) is 17.8 Å². The molecule has 0 N–H and O–H groups in total. The Balaban J connectivity index is 2.43. The Morgan fingerprint density at radius 1 is 1.19 bits per heavy atom. The number of fused-ring (bicyclic) bond motifs is 1. The standard InChI is InChI=1S/C17H23ClN2O/c1-3-5-6-9-12-20-16(14(18)4-2)19-15-11-8-7-10-13(15)17(20)21/h7-8,10-11,14H,3-6,9,12H2,1-2H3. The number of unbranched alkanes of at least 4 members (excludes halogenated alkanes) is 3. The summed E-state index contributed by atoms with van der Waals surface area (Å²) < 4.78 is 1.78. The highest BCUT2D eigenvalue weighted by Gasteiger charge is 2.16. The van der Waals surface area contributed by atoms with Gasteiger partial charge >= 0.3 is 0 Å². The van der Waals surface area contributed by atoms with E-state index in [-0.39, 0.29) is 10.9 Å². The fourth-order valence-electron chi connectivity index (χ4n) is 2.52. The average Bonchev–Trinajstić information content (AvgIpc) is 2.52. The van der Waals surface area contributed by atoms with Crippen LogP contribution in [-0.4, -0.2) is 9.55 Å². The lowest BCUT2D eigenvalue weighted by Gasteiger charge is -2.16. The number of benzene rings is 1. The van der Waals surface area contributed by atoms with Gasteiger partial charge in [0.15, 0.2) is 0 Å². The number of aromatic nitrogens is 2. The molecule has 0 spiro atoms. The maximum absolute atomic E-state index is 12.7. The molecule has 21 heavy (non-hydrogen) atoms. The molecular formula is C17H23ClN2O. The minimum Gasteiger partial charge on any atom is -0.295 e. The summed E-state index contributed by atoms with van der Waals surface area (Å²) in [6.45, 7) is 4.90. The number of halogens is 1. The topological polar surface area (TPSA) is 34.9 Å². The van der Waals surface area contributed by atoms with Crippen LogP contribution in [0.2, 0.25) is 0 Å². The van der Waals surface area contributed by atoms with Crippen LogP contribution < -0.4 is 5.56 Å². The van der Waals surface area contributed by atoms with Gasteiger partial charge in [0.05, 0.1) is 16.3 Å². The van der Waals surface area contributed by atoms with Crippen molar-refractivity contribution in [2.75, 3.05) is 0 Å². The molecule has 0 saturated heterocycles. The summed E-state index contributed by atoms with van der Waals surface area (Å²) in [6, 6.07) is 7.50. The van der Waals surface area contributed by atoms with E-state index in [1.54, 1.807) is 4.57 Å². The molecule has 0 fully saturated rings. The van der Waals surface area contributed by atoms with Gasteiger partial charge in [-0.3, -0.25) is 9.36 Å². The first-order valence-corrected chi connectivity index (χ1v) is 8.26. The fourth-order valence-corrected chi connectivity index (χ4v) is 2.69. The molecule has 0 radical (unpaired) electrons. The summed E-state index contributed by atoms with van der Waals surface area (Å²) in [5.74, 6) is 0.708. The molecule has 1 atom stereocenters. The van der Waals surface area contributed by atoms with E-state index >= 15 is 0 Å². The zero-order chi connectivity index (χ0) is 15.2. The molecule has 1 unspecified atom stereocenters. The third-order valence-electron chi connectivity index (χ3n) is 3.77. The number of hydrogen-bond acceptors (Lipinski definition) is 2. The van der Waals surface area contributed by atoms with E-state index in [9.17, 15) is 4.79 Å². The van der Waals surface area contributed by atoms with Gasteiger partial charge in [0.2, 0.25) is 0 Å². The minimum atomic E-state index is -0.214. The van der Waals surface area contributed by atoms with Gasteiger partial charge in [-0.05, 0) is 25.0 Å².